The highest BCUT2D eigenvalue weighted by Gasteiger charge is 2.26. The number of hydrogen-bond donors (Lipinski definition) is 4. The molecule has 3 atom stereocenters. The fraction of sp³-hybridized carbons (Fsp3) is 1.00. The molecule has 0 aromatic rings. The lowest BCUT2D eigenvalue weighted by Gasteiger charge is -2.24. The molecule has 0 aliphatic carbocycles. The van der Waals surface area contributed by atoms with Gasteiger partial charge in [0.2, 0.25) is 0 Å². The molecular weight excluding hydrogens is 248 g/mol. The molecule has 0 spiro atoms. The lowest BCUT2D eigenvalue weighted by Crippen LogP contribution is -2.40. The van der Waals surface area contributed by atoms with E-state index in [2.05, 4.69) is 0 Å². The molecule has 0 radical (unpaired) electrons. The number of aliphatic hydroxyl groups is 4. The van der Waals surface area contributed by atoms with E-state index in [1.807, 2.05) is 13.8 Å². The average Bonchev–Trinajstić information content (AvgIpc) is 2.27. The SMILES string of the molecule is CCSC(C[C@H](O)[C@@H](O)[C@H](O)CO)SCC. The van der Waals surface area contributed by atoms with Crippen molar-refractivity contribution in [3.63, 3.8) is 0 Å². The van der Waals surface area contributed by atoms with Gasteiger partial charge in [-0.2, -0.15) is 0 Å². The van der Waals surface area contributed by atoms with E-state index in [1.165, 1.54) is 0 Å². The van der Waals surface area contributed by atoms with E-state index in [-0.39, 0.29) is 4.58 Å². The molecule has 0 saturated carbocycles. The molecule has 0 unspecified atom stereocenters. The number of thioether (sulfide) groups is 2. The van der Waals surface area contributed by atoms with Crippen LogP contribution in [0.1, 0.15) is 20.3 Å². The Bertz CT molecular complexity index is 165. The molecule has 0 aromatic carbocycles. The fourth-order valence-corrected chi connectivity index (χ4v) is 3.87. The van der Waals surface area contributed by atoms with Crippen LogP contribution in [-0.4, -0.2) is 61.4 Å². The summed E-state index contributed by atoms with van der Waals surface area (Å²) >= 11 is 3.43. The van der Waals surface area contributed by atoms with Crippen LogP contribution in [0.25, 0.3) is 0 Å². The van der Waals surface area contributed by atoms with Gasteiger partial charge in [0, 0.05) is 0 Å². The van der Waals surface area contributed by atoms with Crippen molar-refractivity contribution in [3.05, 3.63) is 0 Å². The van der Waals surface area contributed by atoms with Crippen LogP contribution in [0.5, 0.6) is 0 Å². The van der Waals surface area contributed by atoms with Crippen molar-refractivity contribution in [2.24, 2.45) is 0 Å². The summed E-state index contributed by atoms with van der Waals surface area (Å²) in [5.74, 6) is 1.89. The van der Waals surface area contributed by atoms with Crippen LogP contribution >= 0.6 is 23.5 Å². The normalized spacial score (nSPS) is 17.4. The predicted octanol–water partition coefficient (Wildman–Crippen LogP) is 0.284. The van der Waals surface area contributed by atoms with Gasteiger partial charge in [0.25, 0.3) is 0 Å². The minimum Gasteiger partial charge on any atom is -0.394 e. The molecule has 16 heavy (non-hydrogen) atoms. The Labute approximate surface area is 105 Å². The van der Waals surface area contributed by atoms with E-state index in [0.717, 1.165) is 11.5 Å². The van der Waals surface area contributed by atoms with Crippen molar-refractivity contribution in [1.82, 2.24) is 0 Å². The topological polar surface area (TPSA) is 80.9 Å². The second-order valence-corrected chi connectivity index (χ2v) is 6.64. The molecule has 6 heteroatoms. The second-order valence-electron chi connectivity index (χ2n) is 3.38. The third-order valence-electron chi connectivity index (χ3n) is 2.11. The van der Waals surface area contributed by atoms with E-state index in [9.17, 15) is 15.3 Å². The maximum atomic E-state index is 9.70. The fourth-order valence-electron chi connectivity index (χ4n) is 1.26. The van der Waals surface area contributed by atoms with Crippen LogP contribution in [0.3, 0.4) is 0 Å². The molecule has 0 bridgehead atoms. The lowest BCUT2D eigenvalue weighted by atomic mass is 10.1. The van der Waals surface area contributed by atoms with Crippen molar-refractivity contribution in [2.75, 3.05) is 18.1 Å². The van der Waals surface area contributed by atoms with Crippen LogP contribution < -0.4 is 0 Å². The largest absolute Gasteiger partial charge is 0.394 e. The van der Waals surface area contributed by atoms with Gasteiger partial charge in [0.1, 0.15) is 12.2 Å². The Balaban J connectivity index is 4.10. The van der Waals surface area contributed by atoms with Gasteiger partial charge in [-0.3, -0.25) is 0 Å². The Hall–Kier alpha value is 0.540. The first-order chi connectivity index (χ1) is 7.56. The van der Waals surface area contributed by atoms with Crippen molar-refractivity contribution < 1.29 is 20.4 Å². The van der Waals surface area contributed by atoms with Gasteiger partial charge in [0.05, 0.1) is 17.3 Å². The summed E-state index contributed by atoms with van der Waals surface area (Å²) < 4.78 is 0.213. The summed E-state index contributed by atoms with van der Waals surface area (Å²) in [6.45, 7) is 3.54. The quantitative estimate of drug-likeness (QED) is 0.451. The molecule has 0 aliphatic rings. The molecule has 0 heterocycles. The molecule has 0 aliphatic heterocycles. The van der Waals surface area contributed by atoms with E-state index >= 15 is 0 Å². The zero-order valence-electron chi connectivity index (χ0n) is 9.74. The van der Waals surface area contributed by atoms with Crippen molar-refractivity contribution >= 4 is 23.5 Å². The zero-order valence-corrected chi connectivity index (χ0v) is 11.4. The van der Waals surface area contributed by atoms with E-state index in [4.69, 9.17) is 5.11 Å². The van der Waals surface area contributed by atoms with Gasteiger partial charge in [0.15, 0.2) is 0 Å². The smallest absolute Gasteiger partial charge is 0.108 e. The Kier molecular flexibility index (Phi) is 9.88. The molecule has 0 aromatic heterocycles. The summed E-state index contributed by atoms with van der Waals surface area (Å²) in [4.78, 5) is 0. The minimum atomic E-state index is -1.28. The third-order valence-corrected chi connectivity index (χ3v) is 4.73. The Morgan fingerprint density at radius 3 is 1.81 bits per heavy atom. The molecular formula is C10H22O4S2. The molecule has 0 fully saturated rings. The maximum Gasteiger partial charge on any atom is 0.108 e. The van der Waals surface area contributed by atoms with Gasteiger partial charge >= 0.3 is 0 Å². The first-order valence-corrected chi connectivity index (χ1v) is 7.54. The Morgan fingerprint density at radius 1 is 0.938 bits per heavy atom. The minimum absolute atomic E-state index is 0.213. The molecule has 4 nitrogen and oxygen atoms in total. The average molecular weight is 270 g/mol. The van der Waals surface area contributed by atoms with Crippen molar-refractivity contribution in [2.45, 2.75) is 43.2 Å². The van der Waals surface area contributed by atoms with Gasteiger partial charge in [-0.15, -0.1) is 23.5 Å². The van der Waals surface area contributed by atoms with Gasteiger partial charge in [-0.05, 0) is 17.9 Å². The second kappa shape index (κ2) is 9.56. The van der Waals surface area contributed by atoms with Gasteiger partial charge < -0.3 is 20.4 Å². The highest BCUT2D eigenvalue weighted by Crippen LogP contribution is 2.28. The van der Waals surface area contributed by atoms with E-state index in [1.54, 1.807) is 23.5 Å². The lowest BCUT2D eigenvalue weighted by molar-refractivity contribution is -0.0769. The zero-order chi connectivity index (χ0) is 12.6. The highest BCUT2D eigenvalue weighted by atomic mass is 32.2. The first kappa shape index (κ1) is 16.5. The standard InChI is InChI=1S/C10H22O4S2/c1-3-15-9(16-4-2)5-7(12)10(14)8(13)6-11/h7-14H,3-6H2,1-2H3/t7-,8+,10+/m0/s1. The van der Waals surface area contributed by atoms with Crippen LogP contribution in [0.4, 0.5) is 0 Å². The highest BCUT2D eigenvalue weighted by molar-refractivity contribution is 8.16. The number of aliphatic hydroxyl groups excluding tert-OH is 4. The van der Waals surface area contributed by atoms with Crippen LogP contribution in [-0.2, 0) is 0 Å². The summed E-state index contributed by atoms with van der Waals surface area (Å²) in [5.41, 5.74) is 0. The summed E-state index contributed by atoms with van der Waals surface area (Å²) in [6.07, 6.45) is -3.13. The molecule has 4 N–H and O–H groups in total. The molecule has 0 saturated heterocycles. The van der Waals surface area contributed by atoms with E-state index < -0.39 is 24.9 Å². The van der Waals surface area contributed by atoms with E-state index in [0.29, 0.717) is 6.42 Å². The number of rotatable bonds is 9. The van der Waals surface area contributed by atoms with Gasteiger partial charge in [-0.25, -0.2) is 0 Å². The van der Waals surface area contributed by atoms with Crippen molar-refractivity contribution in [3.8, 4) is 0 Å². The number of hydrogen-bond acceptors (Lipinski definition) is 6. The van der Waals surface area contributed by atoms with Crippen LogP contribution in [0.2, 0.25) is 0 Å². The van der Waals surface area contributed by atoms with Crippen LogP contribution in [0, 0.1) is 0 Å². The molecule has 0 amide bonds. The summed E-state index contributed by atoms with van der Waals surface area (Å²) in [7, 11) is 0. The predicted molar refractivity (Wildman–Crippen MR) is 69.8 cm³/mol. The van der Waals surface area contributed by atoms with Gasteiger partial charge in [-0.1, -0.05) is 13.8 Å². The van der Waals surface area contributed by atoms with Crippen LogP contribution in [0.15, 0.2) is 0 Å². The Morgan fingerprint density at radius 2 is 1.44 bits per heavy atom. The molecule has 98 valence electrons. The molecule has 0 rings (SSSR count). The third kappa shape index (κ3) is 6.32. The summed E-state index contributed by atoms with van der Waals surface area (Å²) in [6, 6.07) is 0. The van der Waals surface area contributed by atoms with Crippen molar-refractivity contribution in [1.29, 1.82) is 0 Å². The maximum absolute atomic E-state index is 9.70. The summed E-state index contributed by atoms with van der Waals surface area (Å²) in [5, 5.41) is 37.0. The monoisotopic (exact) mass is 270 g/mol. The first-order valence-electron chi connectivity index (χ1n) is 5.45.